The zero-order valence-electron chi connectivity index (χ0n) is 49.9. The molecule has 0 amide bonds. The molecule has 0 saturated carbocycles. The second kappa shape index (κ2) is 35.8. The summed E-state index contributed by atoms with van der Waals surface area (Å²) in [6.45, 7) is 0.579. The maximum absolute atomic E-state index is 12.9. The maximum atomic E-state index is 12.9. The van der Waals surface area contributed by atoms with Crippen LogP contribution in [0.25, 0.3) is 0 Å². The minimum atomic E-state index is -4.85. The van der Waals surface area contributed by atoms with Crippen molar-refractivity contribution in [3.05, 3.63) is 190 Å². The Morgan fingerprint density at radius 1 is 0.411 bits per heavy atom. The molecule has 6 radical (unpaired) electrons. The van der Waals surface area contributed by atoms with Crippen LogP contribution >= 0.6 is 24.1 Å². The Balaban J connectivity index is 0.000000201. The lowest BCUT2D eigenvalue weighted by Gasteiger charge is -2.38. The Labute approximate surface area is 550 Å². The van der Waals surface area contributed by atoms with E-state index in [2.05, 4.69) is 35.4 Å². The van der Waals surface area contributed by atoms with Gasteiger partial charge in [0.25, 0.3) is 0 Å². The summed E-state index contributed by atoms with van der Waals surface area (Å²) in [5, 5.41) is 40.3. The van der Waals surface area contributed by atoms with Gasteiger partial charge in [0.15, 0.2) is 0 Å². The van der Waals surface area contributed by atoms with Crippen molar-refractivity contribution in [1.29, 1.82) is 0 Å². The van der Waals surface area contributed by atoms with Gasteiger partial charge >= 0.3 is 25.1 Å². The molecule has 3 fully saturated rings. The first-order valence-corrected chi connectivity index (χ1v) is 30.4. The molecule has 9 atom stereocenters. The number of aliphatic hydroxyl groups excluding tert-OH is 3. The molecule has 0 unspecified atom stereocenters. The topological polar surface area (TPSA) is 232 Å². The molecular weight excluding hydrogens is 1320 g/mol. The molecule has 3 aliphatic rings. The molecule has 95 heavy (non-hydrogen) atoms. The molecule has 0 bridgehead atoms. The van der Waals surface area contributed by atoms with Crippen LogP contribution in [0.3, 0.4) is 0 Å². The van der Waals surface area contributed by atoms with Gasteiger partial charge in [0.1, 0.15) is 11.5 Å². The number of halogens is 12. The lowest BCUT2D eigenvalue weighted by atomic mass is 9.81. The number of alkyl halides is 12. The molecule has 10 N–H and O–H groups in total. The van der Waals surface area contributed by atoms with Gasteiger partial charge in [0.05, 0.1) is 133 Å². The Hall–Kier alpha value is -5.63. The number of benzene rings is 6. The monoisotopic (exact) mass is 1380 g/mol. The summed E-state index contributed by atoms with van der Waals surface area (Å²) in [6, 6.07) is 33.5. The maximum Gasteiger partial charge on any atom is 0.573 e. The molecule has 0 spiro atoms. The fraction of sp³-hybridized carbons (Fsp3) is 0.410. The van der Waals surface area contributed by atoms with Crippen LogP contribution in [0, 0.1) is 0 Å². The van der Waals surface area contributed by atoms with Crippen LogP contribution < -0.4 is 37.2 Å². The molecular formula is C61H64B3F12N5O12S2. The normalized spacial score (nSPS) is 22.0. The lowest BCUT2D eigenvalue weighted by molar-refractivity contribution is -0.275. The number of hydrogen-bond acceptors (Lipinski definition) is 19. The minimum absolute atomic E-state index is 0.0980. The van der Waals surface area contributed by atoms with Crippen LogP contribution in [-0.2, 0) is 45.2 Å². The third-order valence-corrected chi connectivity index (χ3v) is 16.7. The summed E-state index contributed by atoms with van der Waals surface area (Å²) in [5.41, 5.74) is 2.32. The van der Waals surface area contributed by atoms with Gasteiger partial charge in [-0.3, -0.25) is 0 Å². The Bertz CT molecular complexity index is 3060. The first-order chi connectivity index (χ1) is 45.1. The Morgan fingerprint density at radius 3 is 0.863 bits per heavy atom. The zero-order valence-corrected chi connectivity index (χ0v) is 51.5. The van der Waals surface area contributed by atoms with Crippen molar-refractivity contribution in [2.75, 3.05) is 39.2 Å². The summed E-state index contributed by atoms with van der Waals surface area (Å²) in [6.07, 6.45) is -21.2. The highest BCUT2D eigenvalue weighted by Gasteiger charge is 2.41. The Morgan fingerprint density at radius 2 is 0.653 bits per heavy atom. The molecule has 3 heterocycles. The molecule has 6 aromatic rings. The van der Waals surface area contributed by atoms with E-state index in [0.717, 1.165) is 93.5 Å². The van der Waals surface area contributed by atoms with Crippen molar-refractivity contribution in [1.82, 2.24) is 16.0 Å². The zero-order chi connectivity index (χ0) is 69.1. The largest absolute Gasteiger partial charge is 0.573 e. The highest BCUT2D eigenvalue weighted by molar-refractivity contribution is 7.94. The second-order valence-corrected chi connectivity index (χ2v) is 23.2. The van der Waals surface area contributed by atoms with Crippen molar-refractivity contribution >= 4 is 47.6 Å². The van der Waals surface area contributed by atoms with Crippen molar-refractivity contribution in [3.63, 3.8) is 0 Å². The van der Waals surface area contributed by atoms with Gasteiger partial charge in [-0.15, -0.1) is 45.0 Å². The molecule has 0 aliphatic carbocycles. The number of ether oxygens (including phenoxy) is 5. The molecule has 17 nitrogen and oxygen atoms in total. The van der Waals surface area contributed by atoms with E-state index in [0.29, 0.717) is 35.3 Å². The average molecular weight is 1380 g/mol. The van der Waals surface area contributed by atoms with Gasteiger partial charge in [0, 0.05) is 46.8 Å². The van der Waals surface area contributed by atoms with E-state index in [1.54, 1.807) is 0 Å². The third-order valence-electron chi connectivity index (χ3n) is 15.5. The highest BCUT2D eigenvalue weighted by atomic mass is 32.2. The van der Waals surface area contributed by atoms with Gasteiger partial charge in [-0.1, -0.05) is 72.8 Å². The third kappa shape index (κ3) is 23.3. The van der Waals surface area contributed by atoms with Gasteiger partial charge in [-0.2, -0.15) is 38.1 Å². The van der Waals surface area contributed by atoms with E-state index >= 15 is 0 Å². The van der Waals surface area contributed by atoms with Crippen molar-refractivity contribution < 1.29 is 110 Å². The SMILES string of the molecule is [B]CN[C@@H]1CO[C@H](C(c2ccc(C(F)(F)F)cc2)c2ccc(C(F)(F)F)cc2)C[C@@H]1O.[B]CN[C@@H]1CO[C@H](C(c2ccc(OC(F)(F)F)cc2)c2ccc(OC(F)(F)F)cc2)C[C@@H]1O.[B]CN[C@@H]1CO[C@H](C(c2ccc(SOON)cc2)c2ccc(SOON)cc2)C[C@@H]1O. The first-order valence-electron chi connectivity index (χ1n) is 29.0. The van der Waals surface area contributed by atoms with E-state index in [1.807, 2.05) is 48.5 Å². The van der Waals surface area contributed by atoms with Crippen LogP contribution in [0.2, 0.25) is 0 Å². The van der Waals surface area contributed by atoms with Crippen LogP contribution in [0.15, 0.2) is 155 Å². The van der Waals surface area contributed by atoms with Crippen molar-refractivity contribution in [3.8, 4) is 11.5 Å². The van der Waals surface area contributed by atoms with Crippen LogP contribution in [0.4, 0.5) is 52.7 Å². The molecule has 9 rings (SSSR count). The fourth-order valence-corrected chi connectivity index (χ4v) is 11.8. The van der Waals surface area contributed by atoms with E-state index in [9.17, 15) is 68.0 Å². The van der Waals surface area contributed by atoms with Crippen molar-refractivity contribution in [2.45, 2.75) is 127 Å². The lowest BCUT2D eigenvalue weighted by Crippen LogP contribution is -2.51. The van der Waals surface area contributed by atoms with Gasteiger partial charge in [-0.05, 0) is 126 Å². The summed E-state index contributed by atoms with van der Waals surface area (Å²) < 4.78 is 188. The van der Waals surface area contributed by atoms with E-state index in [-0.39, 0.29) is 63.5 Å². The van der Waals surface area contributed by atoms with Crippen LogP contribution in [-0.4, -0.2) is 145 Å². The number of nitrogens with two attached hydrogens (primary N) is 2. The molecule has 3 aliphatic heterocycles. The minimum Gasteiger partial charge on any atom is -0.406 e. The van der Waals surface area contributed by atoms with Gasteiger partial charge < -0.3 is 55.0 Å². The highest BCUT2D eigenvalue weighted by Crippen LogP contribution is 2.42. The number of aliphatic hydroxyl groups is 3. The smallest absolute Gasteiger partial charge is 0.406 e. The van der Waals surface area contributed by atoms with Crippen LogP contribution in [0.5, 0.6) is 11.5 Å². The van der Waals surface area contributed by atoms with Gasteiger partial charge in [-0.25, -0.2) is 0 Å². The molecule has 3 saturated heterocycles. The van der Waals surface area contributed by atoms with E-state index in [1.165, 1.54) is 48.5 Å². The molecule has 0 aromatic heterocycles. The van der Waals surface area contributed by atoms with Crippen molar-refractivity contribution in [2.24, 2.45) is 11.8 Å². The number of nitrogens with one attached hydrogen (secondary N) is 3. The average Bonchev–Trinajstić information content (AvgIpc) is 0.812. The predicted molar refractivity (Wildman–Crippen MR) is 326 cm³/mol. The standard InChI is InChI=1S/C21H20BF6NO4.C21H20BF6NO2.C19H24BN3O6S2/c22-11-29-16-10-31-18(9-17(16)30)19(12-1-5-14(6-2-12)32-20(23,24)25)13-3-7-15(8-4-13)33-21(26,27)28;22-11-29-16-10-31-18(9-17(16)30)19(12-1-5-14(6-2-12)20(23,24)25)13-3-7-15(8-4-13)21(26,27)28;20-11-23-16-10-25-18(9-17(16)24)19(12-1-5-14(6-2-12)30-28-26-21)13-3-7-15(8-4-13)31-29-27-22/h1-8,16-19,29-30H,9-11H2;1-8,16-19,29-30H,9-11H2;1-8,16-19,23-24H,9-11,21-22H2/t3*16-,17+,18+/m111/s1. The summed E-state index contributed by atoms with van der Waals surface area (Å²) in [5.74, 6) is 7.57. The summed E-state index contributed by atoms with van der Waals surface area (Å²) >= 11 is 2.02. The molecule has 6 aromatic carbocycles. The summed E-state index contributed by atoms with van der Waals surface area (Å²) in [7, 11) is 16.4. The number of hydrogen-bond donors (Lipinski definition) is 8. The second-order valence-electron chi connectivity index (χ2n) is 21.6. The summed E-state index contributed by atoms with van der Waals surface area (Å²) in [4.78, 5) is 9.94. The molecule has 34 heteroatoms. The van der Waals surface area contributed by atoms with Gasteiger partial charge in [0.2, 0.25) is 0 Å². The fourth-order valence-electron chi connectivity index (χ4n) is 11.1. The van der Waals surface area contributed by atoms with E-state index < -0.39 is 102 Å². The van der Waals surface area contributed by atoms with E-state index in [4.69, 9.17) is 58.2 Å². The first kappa shape index (κ1) is 76.7. The quantitative estimate of drug-likeness (QED) is 0.00981. The van der Waals surface area contributed by atoms with Crippen LogP contribution in [0.1, 0.15) is 81.5 Å². The predicted octanol–water partition coefficient (Wildman–Crippen LogP) is 9.65. The number of rotatable bonds is 23. The Kier molecular flexibility index (Phi) is 28.9. The molecule has 510 valence electrons.